The smallest absolute Gasteiger partial charge is 0.262 e. The van der Waals surface area contributed by atoms with Crippen molar-refractivity contribution in [2.24, 2.45) is 0 Å². The van der Waals surface area contributed by atoms with Gasteiger partial charge in [-0.15, -0.1) is 11.3 Å². The van der Waals surface area contributed by atoms with Gasteiger partial charge in [0.15, 0.2) is 0 Å². The second-order valence-corrected chi connectivity index (χ2v) is 8.55. The molecular formula is C20H23FN2OS. The number of aromatic nitrogens is 2. The van der Waals surface area contributed by atoms with E-state index in [-0.39, 0.29) is 17.5 Å². The van der Waals surface area contributed by atoms with Crippen molar-refractivity contribution in [1.29, 1.82) is 0 Å². The van der Waals surface area contributed by atoms with Crippen LogP contribution in [0.2, 0.25) is 0 Å². The third-order valence-corrected chi connectivity index (χ3v) is 5.53. The zero-order valence-corrected chi connectivity index (χ0v) is 16.1. The van der Waals surface area contributed by atoms with Gasteiger partial charge in [-0.1, -0.05) is 45.0 Å². The molecule has 0 amide bonds. The lowest BCUT2D eigenvalue weighted by Crippen LogP contribution is -2.24. The number of thiophene rings is 1. The lowest BCUT2D eigenvalue weighted by Gasteiger charge is -2.19. The van der Waals surface area contributed by atoms with E-state index in [2.05, 4.69) is 50.0 Å². The van der Waals surface area contributed by atoms with Crippen molar-refractivity contribution in [3.8, 4) is 11.1 Å². The number of fused-ring (bicyclic) bond motifs is 1. The largest absolute Gasteiger partial charge is 0.294 e. The molecule has 0 fully saturated rings. The van der Waals surface area contributed by atoms with Gasteiger partial charge < -0.3 is 0 Å². The summed E-state index contributed by atoms with van der Waals surface area (Å²) in [6.45, 7) is 9.76. The van der Waals surface area contributed by atoms with Gasteiger partial charge in [0.1, 0.15) is 17.3 Å². The maximum absolute atomic E-state index is 12.9. The molecule has 3 rings (SSSR count). The minimum Gasteiger partial charge on any atom is -0.294 e. The highest BCUT2D eigenvalue weighted by Crippen LogP contribution is 2.36. The van der Waals surface area contributed by atoms with Gasteiger partial charge in [-0.2, -0.15) is 0 Å². The van der Waals surface area contributed by atoms with E-state index < -0.39 is 6.67 Å². The highest BCUT2D eigenvalue weighted by molar-refractivity contribution is 7.19. The molecular weight excluding hydrogens is 335 g/mol. The van der Waals surface area contributed by atoms with E-state index in [1.54, 1.807) is 6.92 Å². The molecule has 0 saturated carbocycles. The van der Waals surface area contributed by atoms with E-state index >= 15 is 0 Å². The maximum Gasteiger partial charge on any atom is 0.262 e. The summed E-state index contributed by atoms with van der Waals surface area (Å²) in [4.78, 5) is 19.3. The molecule has 2 heterocycles. The Morgan fingerprint density at radius 2 is 1.80 bits per heavy atom. The second-order valence-electron chi connectivity index (χ2n) is 7.35. The van der Waals surface area contributed by atoms with Crippen molar-refractivity contribution in [3.63, 3.8) is 0 Å². The quantitative estimate of drug-likeness (QED) is 0.660. The minimum absolute atomic E-state index is 0.0465. The van der Waals surface area contributed by atoms with E-state index in [9.17, 15) is 9.18 Å². The number of hydrogen-bond acceptors (Lipinski definition) is 3. The summed E-state index contributed by atoms with van der Waals surface area (Å²) in [5.41, 5.74) is 3.10. The van der Waals surface area contributed by atoms with Gasteiger partial charge in [-0.05, 0) is 30.4 Å². The Labute approximate surface area is 151 Å². The van der Waals surface area contributed by atoms with Crippen LogP contribution in [0.25, 0.3) is 21.3 Å². The van der Waals surface area contributed by atoms with Crippen molar-refractivity contribution in [2.45, 2.75) is 46.6 Å². The Morgan fingerprint density at radius 3 is 2.36 bits per heavy atom. The fourth-order valence-corrected chi connectivity index (χ4v) is 4.21. The Hall–Kier alpha value is -2.01. The molecule has 2 aromatic heterocycles. The Morgan fingerprint density at radius 1 is 1.16 bits per heavy atom. The van der Waals surface area contributed by atoms with Gasteiger partial charge in [0, 0.05) is 10.4 Å². The molecule has 0 aliphatic rings. The van der Waals surface area contributed by atoms with Crippen molar-refractivity contribution in [1.82, 2.24) is 9.55 Å². The average molecular weight is 358 g/mol. The first kappa shape index (κ1) is 17.8. The number of benzene rings is 1. The summed E-state index contributed by atoms with van der Waals surface area (Å²) in [5, 5.41) is 0.602. The molecule has 0 N–H and O–H groups in total. The molecule has 5 heteroatoms. The van der Waals surface area contributed by atoms with Gasteiger partial charge in [-0.25, -0.2) is 9.37 Å². The highest BCUT2D eigenvalue weighted by atomic mass is 32.1. The molecule has 3 aromatic rings. The fourth-order valence-electron chi connectivity index (χ4n) is 3.13. The predicted octanol–water partition coefficient (Wildman–Crippen LogP) is 5.01. The average Bonchev–Trinajstić information content (AvgIpc) is 2.86. The predicted molar refractivity (Wildman–Crippen MR) is 103 cm³/mol. The number of nitrogens with zero attached hydrogens (tertiary/aromatic N) is 2. The van der Waals surface area contributed by atoms with Crippen LogP contribution >= 0.6 is 11.3 Å². The molecule has 132 valence electrons. The molecule has 0 saturated heterocycles. The number of alkyl halides is 1. The Balaban J connectivity index is 2.24. The number of halogens is 1. The van der Waals surface area contributed by atoms with Crippen LogP contribution in [0.3, 0.4) is 0 Å². The van der Waals surface area contributed by atoms with Crippen LogP contribution in [0.1, 0.15) is 37.0 Å². The standard InChI is InChI=1S/C20H23FN2OS/c1-12-16(14-6-8-15(9-7-14)20(3,4)5)17-18(25-12)22-13(2)23(11-10-21)19(17)24/h6-9H,10-11H2,1-5H3. The summed E-state index contributed by atoms with van der Waals surface area (Å²) in [6.07, 6.45) is 0. The summed E-state index contributed by atoms with van der Waals surface area (Å²) in [6, 6.07) is 8.35. The van der Waals surface area contributed by atoms with Gasteiger partial charge in [0.25, 0.3) is 5.56 Å². The van der Waals surface area contributed by atoms with Crippen molar-refractivity contribution < 1.29 is 4.39 Å². The van der Waals surface area contributed by atoms with Crippen LogP contribution in [0.4, 0.5) is 4.39 Å². The van der Waals surface area contributed by atoms with Gasteiger partial charge >= 0.3 is 0 Å². The van der Waals surface area contributed by atoms with Crippen LogP contribution in [0.15, 0.2) is 29.1 Å². The molecule has 0 spiro atoms. The van der Waals surface area contributed by atoms with Gasteiger partial charge in [0.2, 0.25) is 0 Å². The molecule has 0 radical (unpaired) electrons. The third-order valence-electron chi connectivity index (χ3n) is 4.53. The molecule has 0 atom stereocenters. The molecule has 0 unspecified atom stereocenters. The first-order valence-corrected chi connectivity index (χ1v) is 9.23. The van der Waals surface area contributed by atoms with Crippen LogP contribution < -0.4 is 5.56 Å². The van der Waals surface area contributed by atoms with Gasteiger partial charge in [0.05, 0.1) is 11.9 Å². The Bertz CT molecular complexity index is 978. The molecule has 0 aliphatic heterocycles. The normalized spacial score (nSPS) is 12.1. The zero-order chi connectivity index (χ0) is 18.4. The monoisotopic (exact) mass is 358 g/mol. The highest BCUT2D eigenvalue weighted by Gasteiger charge is 2.19. The van der Waals surface area contributed by atoms with Crippen LogP contribution in [-0.2, 0) is 12.0 Å². The number of aryl methyl sites for hydroxylation is 2. The second kappa shape index (κ2) is 6.37. The van der Waals surface area contributed by atoms with E-state index in [1.165, 1.54) is 21.5 Å². The van der Waals surface area contributed by atoms with E-state index in [0.717, 1.165) is 20.8 Å². The first-order valence-electron chi connectivity index (χ1n) is 8.41. The van der Waals surface area contributed by atoms with E-state index in [0.29, 0.717) is 11.2 Å². The molecule has 3 nitrogen and oxygen atoms in total. The lowest BCUT2D eigenvalue weighted by molar-refractivity contribution is 0.435. The molecule has 0 aliphatic carbocycles. The first-order chi connectivity index (χ1) is 11.7. The van der Waals surface area contributed by atoms with Crippen LogP contribution in [0.5, 0.6) is 0 Å². The maximum atomic E-state index is 12.9. The van der Waals surface area contributed by atoms with Crippen LogP contribution in [0, 0.1) is 13.8 Å². The Kier molecular flexibility index (Phi) is 4.54. The third kappa shape index (κ3) is 3.13. The summed E-state index contributed by atoms with van der Waals surface area (Å²) in [5.74, 6) is 0.561. The fraction of sp³-hybridized carbons (Fsp3) is 0.400. The van der Waals surface area contributed by atoms with E-state index in [1.807, 2.05) is 6.92 Å². The number of rotatable bonds is 3. The zero-order valence-electron chi connectivity index (χ0n) is 15.3. The van der Waals surface area contributed by atoms with Gasteiger partial charge in [-0.3, -0.25) is 9.36 Å². The summed E-state index contributed by atoms with van der Waals surface area (Å²) in [7, 11) is 0. The molecule has 1 aromatic carbocycles. The molecule has 25 heavy (non-hydrogen) atoms. The van der Waals surface area contributed by atoms with Crippen molar-refractivity contribution >= 4 is 21.6 Å². The molecule has 0 bridgehead atoms. The van der Waals surface area contributed by atoms with Crippen LogP contribution in [-0.4, -0.2) is 16.2 Å². The minimum atomic E-state index is -0.577. The SMILES string of the molecule is Cc1sc2nc(C)n(CCF)c(=O)c2c1-c1ccc(C(C)(C)C)cc1. The van der Waals surface area contributed by atoms with E-state index in [4.69, 9.17) is 0 Å². The van der Waals surface area contributed by atoms with Crippen molar-refractivity contribution in [3.05, 3.63) is 50.9 Å². The topological polar surface area (TPSA) is 34.9 Å². The summed E-state index contributed by atoms with van der Waals surface area (Å²) >= 11 is 1.52. The number of hydrogen-bond donors (Lipinski definition) is 0. The van der Waals surface area contributed by atoms with Crippen molar-refractivity contribution in [2.75, 3.05) is 6.67 Å². The summed E-state index contributed by atoms with van der Waals surface area (Å²) < 4.78 is 14.3. The lowest BCUT2D eigenvalue weighted by atomic mass is 9.86.